The van der Waals surface area contributed by atoms with Crippen molar-refractivity contribution in [1.82, 2.24) is 24.1 Å². The van der Waals surface area contributed by atoms with Gasteiger partial charge in [-0.15, -0.1) is 0 Å². The summed E-state index contributed by atoms with van der Waals surface area (Å²) in [6.07, 6.45) is 0. The van der Waals surface area contributed by atoms with Crippen LogP contribution >= 0.6 is 0 Å². The Hall–Kier alpha value is -8.41. The van der Waals surface area contributed by atoms with Crippen LogP contribution in [0, 0.1) is 0 Å². The Bertz CT molecular complexity index is 3790. The fourth-order valence-electron chi connectivity index (χ4n) is 10.5. The SMILES string of the molecule is CC1(C)c2ccccc2-c2c1cc(-c1cccc(-c3nc(-c4ccccc4)nc(-c4ccccc4)n3)c1)c1c3ccccc3n(-c3ccc4c(c3)c3ccccc3n4-c3ccccc3)c21. The molecular formula is C60H41N5. The lowest BCUT2D eigenvalue weighted by molar-refractivity contribution is 0.661. The van der Waals surface area contributed by atoms with Gasteiger partial charge < -0.3 is 9.13 Å². The van der Waals surface area contributed by atoms with Crippen molar-refractivity contribution in [3.05, 3.63) is 223 Å². The number of benzene rings is 9. The number of para-hydroxylation sites is 3. The Morgan fingerprint density at radius 2 is 0.892 bits per heavy atom. The van der Waals surface area contributed by atoms with Crippen LogP contribution in [-0.2, 0) is 5.41 Å². The lowest BCUT2D eigenvalue weighted by Gasteiger charge is -2.23. The highest BCUT2D eigenvalue weighted by atomic mass is 15.0. The van der Waals surface area contributed by atoms with Gasteiger partial charge in [0.2, 0.25) is 0 Å². The van der Waals surface area contributed by atoms with Crippen molar-refractivity contribution in [2.24, 2.45) is 0 Å². The first kappa shape index (κ1) is 37.2. The molecule has 5 nitrogen and oxygen atoms in total. The number of rotatable bonds is 6. The van der Waals surface area contributed by atoms with Crippen LogP contribution in [-0.4, -0.2) is 24.1 Å². The van der Waals surface area contributed by atoms with Crippen molar-refractivity contribution in [1.29, 1.82) is 0 Å². The van der Waals surface area contributed by atoms with Crippen LogP contribution in [0.15, 0.2) is 212 Å². The van der Waals surface area contributed by atoms with Crippen molar-refractivity contribution >= 4 is 43.6 Å². The molecule has 0 bridgehead atoms. The molecule has 0 radical (unpaired) electrons. The third kappa shape index (κ3) is 5.68. The van der Waals surface area contributed by atoms with E-state index in [1.54, 1.807) is 0 Å². The molecule has 1 aliphatic rings. The molecule has 65 heavy (non-hydrogen) atoms. The maximum absolute atomic E-state index is 5.14. The van der Waals surface area contributed by atoms with E-state index in [1.165, 1.54) is 71.4 Å². The fraction of sp³-hybridized carbons (Fsp3) is 0.0500. The van der Waals surface area contributed by atoms with Crippen molar-refractivity contribution in [2.45, 2.75) is 19.3 Å². The van der Waals surface area contributed by atoms with Crippen molar-refractivity contribution in [3.63, 3.8) is 0 Å². The summed E-state index contributed by atoms with van der Waals surface area (Å²) in [5.41, 5.74) is 17.1. The predicted octanol–water partition coefficient (Wildman–Crippen LogP) is 15.0. The average Bonchev–Trinajstić information content (AvgIpc) is 3.97. The van der Waals surface area contributed by atoms with E-state index in [2.05, 4.69) is 199 Å². The number of aromatic nitrogens is 5. The Balaban J connectivity index is 1.09. The summed E-state index contributed by atoms with van der Waals surface area (Å²) in [6, 6.07) is 76.0. The fourth-order valence-corrected chi connectivity index (χ4v) is 10.5. The molecule has 13 rings (SSSR count). The van der Waals surface area contributed by atoms with Crippen LogP contribution in [0.5, 0.6) is 0 Å². The molecule has 0 saturated carbocycles. The molecule has 306 valence electrons. The second-order valence-corrected chi connectivity index (χ2v) is 17.6. The van der Waals surface area contributed by atoms with Gasteiger partial charge in [-0.25, -0.2) is 15.0 Å². The Morgan fingerprint density at radius 3 is 1.60 bits per heavy atom. The average molecular weight is 832 g/mol. The van der Waals surface area contributed by atoms with Gasteiger partial charge in [0.1, 0.15) is 0 Å². The van der Waals surface area contributed by atoms with Gasteiger partial charge in [0.25, 0.3) is 0 Å². The maximum Gasteiger partial charge on any atom is 0.164 e. The molecule has 3 heterocycles. The summed E-state index contributed by atoms with van der Waals surface area (Å²) >= 11 is 0. The smallest absolute Gasteiger partial charge is 0.164 e. The monoisotopic (exact) mass is 831 g/mol. The molecular weight excluding hydrogens is 791 g/mol. The molecule has 0 unspecified atom stereocenters. The molecule has 0 atom stereocenters. The van der Waals surface area contributed by atoms with Gasteiger partial charge >= 0.3 is 0 Å². The van der Waals surface area contributed by atoms with E-state index in [9.17, 15) is 0 Å². The zero-order chi connectivity index (χ0) is 43.2. The molecule has 9 aromatic carbocycles. The molecule has 0 saturated heterocycles. The van der Waals surface area contributed by atoms with Crippen LogP contribution < -0.4 is 0 Å². The minimum atomic E-state index is -0.246. The van der Waals surface area contributed by atoms with Crippen LogP contribution in [0.1, 0.15) is 25.0 Å². The Labute approximate surface area is 376 Å². The highest BCUT2D eigenvalue weighted by Gasteiger charge is 2.39. The standard InChI is InChI=1S/C60H41N5/c1-60(2)49-30-15-12-28-45(49)55-50(60)37-47(40-23-18-24-41(35-40)59-62-57(38-19-6-3-7-20-38)61-58(63-59)39-21-8-4-9-22-39)54-46-29-14-17-32-52(46)65(56(54)55)43-33-34-53-48(36-43)44-27-13-16-31-51(44)64(53)42-25-10-5-11-26-42/h3-37H,1-2H3. The van der Waals surface area contributed by atoms with E-state index in [0.717, 1.165) is 33.6 Å². The second-order valence-electron chi connectivity index (χ2n) is 17.6. The normalized spacial score (nSPS) is 12.9. The van der Waals surface area contributed by atoms with E-state index in [1.807, 2.05) is 36.4 Å². The summed E-state index contributed by atoms with van der Waals surface area (Å²) in [5, 5.41) is 4.88. The van der Waals surface area contributed by atoms with Gasteiger partial charge in [-0.3, -0.25) is 0 Å². The maximum atomic E-state index is 5.14. The van der Waals surface area contributed by atoms with Crippen molar-refractivity contribution in [3.8, 4) is 67.8 Å². The largest absolute Gasteiger partial charge is 0.309 e. The van der Waals surface area contributed by atoms with Gasteiger partial charge in [0, 0.05) is 60.6 Å². The second kappa shape index (κ2) is 14.3. The third-order valence-electron chi connectivity index (χ3n) is 13.5. The zero-order valence-electron chi connectivity index (χ0n) is 35.9. The van der Waals surface area contributed by atoms with E-state index < -0.39 is 0 Å². The molecule has 0 aliphatic heterocycles. The van der Waals surface area contributed by atoms with Crippen LogP contribution in [0.3, 0.4) is 0 Å². The number of hydrogen-bond acceptors (Lipinski definition) is 3. The van der Waals surface area contributed by atoms with E-state index >= 15 is 0 Å². The Kier molecular flexibility index (Phi) is 8.18. The minimum absolute atomic E-state index is 0.246. The highest BCUT2D eigenvalue weighted by molar-refractivity contribution is 6.21. The molecule has 12 aromatic rings. The number of fused-ring (bicyclic) bond motifs is 10. The first-order chi connectivity index (χ1) is 32.0. The molecule has 0 fully saturated rings. The zero-order valence-corrected chi connectivity index (χ0v) is 35.9. The number of nitrogens with zero attached hydrogens (tertiary/aromatic N) is 5. The van der Waals surface area contributed by atoms with Crippen molar-refractivity contribution < 1.29 is 0 Å². The summed E-state index contributed by atoms with van der Waals surface area (Å²) in [5.74, 6) is 1.92. The summed E-state index contributed by atoms with van der Waals surface area (Å²) < 4.78 is 4.92. The molecule has 5 heteroatoms. The molecule has 1 aliphatic carbocycles. The van der Waals surface area contributed by atoms with E-state index in [-0.39, 0.29) is 5.41 Å². The molecule has 0 N–H and O–H groups in total. The first-order valence-electron chi connectivity index (χ1n) is 22.3. The summed E-state index contributed by atoms with van der Waals surface area (Å²) in [7, 11) is 0. The summed E-state index contributed by atoms with van der Waals surface area (Å²) in [6.45, 7) is 4.75. The van der Waals surface area contributed by atoms with Gasteiger partial charge in [0.05, 0.1) is 22.1 Å². The highest BCUT2D eigenvalue weighted by Crippen LogP contribution is 2.55. The van der Waals surface area contributed by atoms with Crippen LogP contribution in [0.25, 0.3) is 111 Å². The van der Waals surface area contributed by atoms with Gasteiger partial charge in [-0.2, -0.15) is 0 Å². The predicted molar refractivity (Wildman–Crippen MR) is 268 cm³/mol. The van der Waals surface area contributed by atoms with E-state index in [0.29, 0.717) is 17.5 Å². The van der Waals surface area contributed by atoms with Gasteiger partial charge in [-0.05, 0) is 82.4 Å². The van der Waals surface area contributed by atoms with Crippen molar-refractivity contribution in [2.75, 3.05) is 0 Å². The van der Waals surface area contributed by atoms with Crippen LogP contribution in [0.4, 0.5) is 0 Å². The quantitative estimate of drug-likeness (QED) is 0.168. The molecule has 0 amide bonds. The first-order valence-corrected chi connectivity index (χ1v) is 22.3. The number of hydrogen-bond donors (Lipinski definition) is 0. The van der Waals surface area contributed by atoms with Crippen LogP contribution in [0.2, 0.25) is 0 Å². The topological polar surface area (TPSA) is 48.5 Å². The lowest BCUT2D eigenvalue weighted by atomic mass is 9.81. The summed E-state index contributed by atoms with van der Waals surface area (Å²) in [4.78, 5) is 15.3. The molecule has 3 aromatic heterocycles. The Morgan fingerprint density at radius 1 is 0.354 bits per heavy atom. The van der Waals surface area contributed by atoms with Gasteiger partial charge in [-0.1, -0.05) is 172 Å². The lowest BCUT2D eigenvalue weighted by Crippen LogP contribution is -2.15. The van der Waals surface area contributed by atoms with E-state index in [4.69, 9.17) is 15.0 Å². The third-order valence-corrected chi connectivity index (χ3v) is 13.5. The molecule has 0 spiro atoms. The minimum Gasteiger partial charge on any atom is -0.309 e. The van der Waals surface area contributed by atoms with Gasteiger partial charge in [0.15, 0.2) is 17.5 Å².